The molecule has 0 spiro atoms. The van der Waals surface area contributed by atoms with Crippen LogP contribution in [0, 0.1) is 17.7 Å². The third kappa shape index (κ3) is 3.72. The fourth-order valence-electron chi connectivity index (χ4n) is 5.14. The molecule has 0 aliphatic carbocycles. The van der Waals surface area contributed by atoms with Gasteiger partial charge in [-0.1, -0.05) is 12.1 Å². The van der Waals surface area contributed by atoms with Gasteiger partial charge in [0, 0.05) is 45.6 Å². The summed E-state index contributed by atoms with van der Waals surface area (Å²) >= 11 is 0. The van der Waals surface area contributed by atoms with Crippen LogP contribution in [0.2, 0.25) is 0 Å². The van der Waals surface area contributed by atoms with Crippen molar-refractivity contribution in [2.45, 2.75) is 32.2 Å². The van der Waals surface area contributed by atoms with Crippen molar-refractivity contribution in [3.05, 3.63) is 35.6 Å². The van der Waals surface area contributed by atoms with Crippen molar-refractivity contribution in [2.24, 2.45) is 11.8 Å². The molecule has 3 aliphatic rings. The summed E-state index contributed by atoms with van der Waals surface area (Å²) in [6.07, 6.45) is 3.42. The third-order valence-corrected chi connectivity index (χ3v) is 6.40. The number of amides is 2. The van der Waals surface area contributed by atoms with E-state index in [1.54, 1.807) is 19.1 Å². The molecule has 3 aliphatic heterocycles. The molecular weight excluding hydrogens is 345 g/mol. The van der Waals surface area contributed by atoms with Gasteiger partial charge in [0.1, 0.15) is 5.82 Å². The molecule has 1 aromatic rings. The normalized spacial score (nSPS) is 28.4. The maximum atomic E-state index is 13.8. The predicted molar refractivity (Wildman–Crippen MR) is 100 cm³/mol. The lowest BCUT2D eigenvalue weighted by Crippen LogP contribution is -2.43. The first kappa shape index (κ1) is 18.4. The summed E-state index contributed by atoms with van der Waals surface area (Å²) in [7, 11) is 0. The number of benzene rings is 1. The summed E-state index contributed by atoms with van der Waals surface area (Å²) in [6, 6.07) is 6.51. The van der Waals surface area contributed by atoms with E-state index in [0.717, 1.165) is 44.6 Å². The van der Waals surface area contributed by atoms with Crippen molar-refractivity contribution in [3.63, 3.8) is 0 Å². The zero-order chi connectivity index (χ0) is 19.0. The molecule has 5 nitrogen and oxygen atoms in total. The molecule has 0 radical (unpaired) electrons. The van der Waals surface area contributed by atoms with Gasteiger partial charge in [-0.2, -0.15) is 0 Å². The average Bonchev–Trinajstić information content (AvgIpc) is 3.19. The summed E-state index contributed by atoms with van der Waals surface area (Å²) in [4.78, 5) is 30.9. The summed E-state index contributed by atoms with van der Waals surface area (Å²) < 4.78 is 13.8. The lowest BCUT2D eigenvalue weighted by atomic mass is 9.89. The molecule has 3 atom stereocenters. The SMILES string of the molecule is CC(=O)N1C[C@H]2CN(CC(=O)N3CCCCC3)C[C@H]2[C@H]1c1cccc(F)c1. The van der Waals surface area contributed by atoms with Gasteiger partial charge in [-0.25, -0.2) is 4.39 Å². The molecule has 3 fully saturated rings. The fourth-order valence-corrected chi connectivity index (χ4v) is 5.14. The van der Waals surface area contributed by atoms with E-state index in [4.69, 9.17) is 0 Å². The smallest absolute Gasteiger partial charge is 0.236 e. The van der Waals surface area contributed by atoms with Crippen molar-refractivity contribution < 1.29 is 14.0 Å². The molecule has 0 unspecified atom stereocenters. The molecule has 1 aromatic carbocycles. The van der Waals surface area contributed by atoms with E-state index >= 15 is 0 Å². The standard InChI is InChI=1S/C21H28FN3O2/c1-15(26)25-12-17-11-23(14-20(27)24-8-3-2-4-9-24)13-19(17)21(25)16-6-5-7-18(22)10-16/h5-7,10,17,19,21H,2-4,8-9,11-14H2,1H3/t17-,19-,21-/m1/s1. The van der Waals surface area contributed by atoms with Crippen LogP contribution in [-0.4, -0.2) is 65.8 Å². The second kappa shape index (κ2) is 7.58. The number of hydrogen-bond donors (Lipinski definition) is 0. The average molecular weight is 373 g/mol. The molecule has 3 saturated heterocycles. The van der Waals surface area contributed by atoms with Gasteiger partial charge < -0.3 is 9.80 Å². The molecule has 0 N–H and O–H groups in total. The number of nitrogens with zero attached hydrogens (tertiary/aromatic N) is 3. The Balaban J connectivity index is 1.47. The van der Waals surface area contributed by atoms with Crippen molar-refractivity contribution in [3.8, 4) is 0 Å². The molecule has 27 heavy (non-hydrogen) atoms. The van der Waals surface area contributed by atoms with E-state index in [1.165, 1.54) is 12.5 Å². The van der Waals surface area contributed by atoms with Crippen LogP contribution >= 0.6 is 0 Å². The molecule has 6 heteroatoms. The van der Waals surface area contributed by atoms with E-state index in [-0.39, 0.29) is 29.6 Å². The monoisotopic (exact) mass is 373 g/mol. The Kier molecular flexibility index (Phi) is 5.17. The Morgan fingerprint density at radius 2 is 1.89 bits per heavy atom. The highest BCUT2D eigenvalue weighted by Crippen LogP contribution is 2.45. The van der Waals surface area contributed by atoms with Gasteiger partial charge in [0.05, 0.1) is 12.6 Å². The second-order valence-corrected chi connectivity index (χ2v) is 8.23. The maximum absolute atomic E-state index is 13.8. The van der Waals surface area contributed by atoms with Gasteiger partial charge in [-0.3, -0.25) is 14.5 Å². The van der Waals surface area contributed by atoms with Gasteiger partial charge in [-0.15, -0.1) is 0 Å². The highest BCUT2D eigenvalue weighted by atomic mass is 19.1. The summed E-state index contributed by atoms with van der Waals surface area (Å²) in [6.45, 7) is 6.12. The highest BCUT2D eigenvalue weighted by molar-refractivity contribution is 5.78. The van der Waals surface area contributed by atoms with Gasteiger partial charge in [-0.05, 0) is 42.9 Å². The molecule has 2 amide bonds. The molecule has 146 valence electrons. The van der Waals surface area contributed by atoms with Crippen LogP contribution in [-0.2, 0) is 9.59 Å². The summed E-state index contributed by atoms with van der Waals surface area (Å²) in [5.41, 5.74) is 0.863. The van der Waals surface area contributed by atoms with Gasteiger partial charge in [0.2, 0.25) is 11.8 Å². The van der Waals surface area contributed by atoms with Crippen LogP contribution in [0.5, 0.6) is 0 Å². The zero-order valence-electron chi connectivity index (χ0n) is 15.9. The Bertz CT molecular complexity index is 719. The van der Waals surface area contributed by atoms with E-state index in [9.17, 15) is 14.0 Å². The van der Waals surface area contributed by atoms with Gasteiger partial charge in [0.25, 0.3) is 0 Å². The van der Waals surface area contributed by atoms with E-state index in [2.05, 4.69) is 4.90 Å². The van der Waals surface area contributed by atoms with Crippen LogP contribution in [0.25, 0.3) is 0 Å². The summed E-state index contributed by atoms with van der Waals surface area (Å²) in [5.74, 6) is 0.589. The molecule has 0 aromatic heterocycles. The zero-order valence-corrected chi connectivity index (χ0v) is 15.9. The lowest BCUT2D eigenvalue weighted by molar-refractivity contribution is -0.134. The third-order valence-electron chi connectivity index (χ3n) is 6.40. The topological polar surface area (TPSA) is 43.9 Å². The first-order valence-electron chi connectivity index (χ1n) is 10.1. The quantitative estimate of drug-likeness (QED) is 0.817. The number of carbonyl (C=O) groups excluding carboxylic acids is 2. The van der Waals surface area contributed by atoms with E-state index < -0.39 is 0 Å². The lowest BCUT2D eigenvalue weighted by Gasteiger charge is -2.31. The Hall–Kier alpha value is -1.95. The van der Waals surface area contributed by atoms with Crippen LogP contribution in [0.15, 0.2) is 24.3 Å². The van der Waals surface area contributed by atoms with Crippen LogP contribution in [0.3, 0.4) is 0 Å². The van der Waals surface area contributed by atoms with Crippen LogP contribution in [0.1, 0.15) is 37.8 Å². The minimum absolute atomic E-state index is 0.0367. The number of likely N-dealkylation sites (tertiary alicyclic amines) is 3. The summed E-state index contributed by atoms with van der Waals surface area (Å²) in [5, 5.41) is 0. The minimum Gasteiger partial charge on any atom is -0.342 e. The Labute approximate surface area is 160 Å². The van der Waals surface area contributed by atoms with Crippen molar-refractivity contribution in [2.75, 3.05) is 39.3 Å². The number of hydrogen-bond acceptors (Lipinski definition) is 3. The number of piperidine rings is 1. The molecule has 0 saturated carbocycles. The van der Waals surface area contributed by atoms with E-state index in [0.29, 0.717) is 19.0 Å². The van der Waals surface area contributed by atoms with Crippen LogP contribution in [0.4, 0.5) is 4.39 Å². The second-order valence-electron chi connectivity index (χ2n) is 8.23. The number of carbonyl (C=O) groups is 2. The number of fused-ring (bicyclic) bond motifs is 1. The number of halogens is 1. The van der Waals surface area contributed by atoms with Crippen molar-refractivity contribution >= 4 is 11.8 Å². The molecule has 4 rings (SSSR count). The maximum Gasteiger partial charge on any atom is 0.236 e. The molecule has 0 bridgehead atoms. The Morgan fingerprint density at radius 3 is 2.59 bits per heavy atom. The predicted octanol–water partition coefficient (Wildman–Crippen LogP) is 2.29. The minimum atomic E-state index is -0.269. The first-order chi connectivity index (χ1) is 13.0. The number of rotatable bonds is 3. The van der Waals surface area contributed by atoms with Crippen LogP contribution < -0.4 is 0 Å². The first-order valence-corrected chi connectivity index (χ1v) is 10.1. The largest absolute Gasteiger partial charge is 0.342 e. The van der Waals surface area contributed by atoms with Crippen molar-refractivity contribution in [1.82, 2.24) is 14.7 Å². The van der Waals surface area contributed by atoms with Gasteiger partial charge in [0.15, 0.2) is 0 Å². The highest BCUT2D eigenvalue weighted by Gasteiger charge is 2.48. The molecular formula is C21H28FN3O2. The van der Waals surface area contributed by atoms with E-state index in [1.807, 2.05) is 15.9 Å². The fraction of sp³-hybridized carbons (Fsp3) is 0.619. The van der Waals surface area contributed by atoms with Gasteiger partial charge >= 0.3 is 0 Å². The molecule has 3 heterocycles. The van der Waals surface area contributed by atoms with Crippen molar-refractivity contribution in [1.29, 1.82) is 0 Å². The Morgan fingerprint density at radius 1 is 1.11 bits per heavy atom.